The molecule has 2 heterocycles. The molecule has 1 aliphatic heterocycles. The fourth-order valence-corrected chi connectivity index (χ4v) is 8.92. The second kappa shape index (κ2) is 6.18. The van der Waals surface area contributed by atoms with E-state index in [1.54, 1.807) is 6.07 Å². The van der Waals surface area contributed by atoms with Crippen molar-refractivity contribution in [2.45, 2.75) is 81.7 Å². The van der Waals surface area contributed by atoms with E-state index in [2.05, 4.69) is 6.92 Å². The van der Waals surface area contributed by atoms with Gasteiger partial charge in [0.15, 0.2) is 0 Å². The maximum atomic E-state index is 11.5. The van der Waals surface area contributed by atoms with Crippen LogP contribution >= 0.6 is 0 Å². The summed E-state index contributed by atoms with van der Waals surface area (Å²) in [6.45, 7) is 2.43. The minimum Gasteiger partial charge on any atom is -0.431 e. The zero-order chi connectivity index (χ0) is 20.9. The smallest absolute Gasteiger partial charge is 0.335 e. The Morgan fingerprint density at radius 1 is 1.10 bits per heavy atom. The van der Waals surface area contributed by atoms with Gasteiger partial charge < -0.3 is 24.5 Å². The summed E-state index contributed by atoms with van der Waals surface area (Å²) < 4.78 is 11.6. The van der Waals surface area contributed by atoms with Crippen LogP contribution in [-0.2, 0) is 4.74 Å². The highest BCUT2D eigenvalue weighted by Gasteiger charge is 2.83. The lowest BCUT2D eigenvalue weighted by atomic mass is 9.43. The van der Waals surface area contributed by atoms with Crippen molar-refractivity contribution < 1.29 is 24.5 Å². The van der Waals surface area contributed by atoms with E-state index in [-0.39, 0.29) is 46.8 Å². The molecule has 5 fully saturated rings. The average Bonchev–Trinajstić information content (AvgIpc) is 3.45. The van der Waals surface area contributed by atoms with Crippen LogP contribution in [0.5, 0.6) is 0 Å². The van der Waals surface area contributed by atoms with Gasteiger partial charge in [0.2, 0.25) is 0 Å². The van der Waals surface area contributed by atoms with Gasteiger partial charge in [-0.05, 0) is 79.7 Å². The van der Waals surface area contributed by atoms with E-state index in [0.717, 1.165) is 50.5 Å². The van der Waals surface area contributed by atoms with Gasteiger partial charge in [-0.1, -0.05) is 6.92 Å². The lowest BCUT2D eigenvalue weighted by Crippen LogP contribution is -2.60. The number of aliphatic hydroxyl groups excluding tert-OH is 3. The fraction of sp³-hybridized carbons (Fsp3) is 0.792. The molecule has 5 aliphatic rings. The number of ether oxygens (including phenoxy) is 1. The van der Waals surface area contributed by atoms with E-state index in [0.29, 0.717) is 17.8 Å². The maximum absolute atomic E-state index is 11.5. The van der Waals surface area contributed by atoms with Crippen molar-refractivity contribution in [3.8, 4) is 0 Å². The van der Waals surface area contributed by atoms with E-state index in [4.69, 9.17) is 9.15 Å². The lowest BCUT2D eigenvalue weighted by molar-refractivity contribution is -0.165. The summed E-state index contributed by atoms with van der Waals surface area (Å²) >= 11 is 0. The maximum Gasteiger partial charge on any atom is 0.335 e. The second-order valence-electron chi connectivity index (χ2n) is 11.0. The van der Waals surface area contributed by atoms with Gasteiger partial charge in [-0.15, -0.1) is 0 Å². The van der Waals surface area contributed by atoms with Crippen LogP contribution in [0.15, 0.2) is 27.6 Å². The molecular weight excluding hydrogens is 384 g/mol. The van der Waals surface area contributed by atoms with Crippen LogP contribution in [0.2, 0.25) is 0 Å². The highest BCUT2D eigenvalue weighted by atomic mass is 16.6. The topological polar surface area (TPSA) is 103 Å². The summed E-state index contributed by atoms with van der Waals surface area (Å²) in [5, 5.41) is 32.1. The first kappa shape index (κ1) is 19.5. The quantitative estimate of drug-likeness (QED) is 0.639. The Hall–Kier alpha value is -1.21. The molecule has 164 valence electrons. The van der Waals surface area contributed by atoms with Crippen molar-refractivity contribution >= 4 is 0 Å². The number of epoxide rings is 1. The number of hydrogen-bond acceptors (Lipinski definition) is 6. The molecule has 6 nitrogen and oxygen atoms in total. The Kier molecular flexibility index (Phi) is 4.01. The number of rotatable bonds is 2. The fourth-order valence-electron chi connectivity index (χ4n) is 8.92. The summed E-state index contributed by atoms with van der Waals surface area (Å²) in [5.74, 6) is 0.940. The molecule has 1 spiro atoms. The summed E-state index contributed by atoms with van der Waals surface area (Å²) in [6.07, 6.45) is 6.88. The summed E-state index contributed by atoms with van der Waals surface area (Å²) in [7, 11) is 0. The summed E-state index contributed by atoms with van der Waals surface area (Å²) in [4.78, 5) is 11.5. The Morgan fingerprint density at radius 2 is 1.93 bits per heavy atom. The van der Waals surface area contributed by atoms with Crippen LogP contribution in [0.3, 0.4) is 0 Å². The van der Waals surface area contributed by atoms with Gasteiger partial charge >= 0.3 is 5.63 Å². The zero-order valence-corrected chi connectivity index (χ0v) is 17.5. The van der Waals surface area contributed by atoms with Crippen LogP contribution in [-0.4, -0.2) is 45.8 Å². The molecule has 1 aromatic heterocycles. The Bertz CT molecular complexity index is 893. The van der Waals surface area contributed by atoms with Crippen molar-refractivity contribution in [1.82, 2.24) is 0 Å². The minimum atomic E-state index is -0.613. The van der Waals surface area contributed by atoms with E-state index >= 15 is 0 Å². The van der Waals surface area contributed by atoms with Gasteiger partial charge in [0, 0.05) is 24.0 Å². The molecular formula is C24H32O6. The minimum absolute atomic E-state index is 0.113. The van der Waals surface area contributed by atoms with Gasteiger partial charge in [0.25, 0.3) is 0 Å². The summed E-state index contributed by atoms with van der Waals surface area (Å²) in [5.41, 5.74) is -0.213. The average molecular weight is 417 g/mol. The van der Waals surface area contributed by atoms with Crippen molar-refractivity contribution in [1.29, 1.82) is 0 Å². The predicted molar refractivity (Wildman–Crippen MR) is 108 cm³/mol. The third kappa shape index (κ3) is 2.16. The first-order valence-corrected chi connectivity index (χ1v) is 11.6. The van der Waals surface area contributed by atoms with Crippen molar-refractivity contribution in [2.75, 3.05) is 6.61 Å². The molecule has 0 radical (unpaired) electrons. The molecule has 0 amide bonds. The third-order valence-corrected chi connectivity index (χ3v) is 10.2. The van der Waals surface area contributed by atoms with E-state index < -0.39 is 6.10 Å². The molecule has 3 N–H and O–H groups in total. The zero-order valence-electron chi connectivity index (χ0n) is 17.5. The van der Waals surface area contributed by atoms with Crippen molar-refractivity contribution in [3.63, 3.8) is 0 Å². The normalized spacial score (nSPS) is 53.9. The van der Waals surface area contributed by atoms with E-state index in [1.807, 2.05) is 0 Å². The molecule has 0 aromatic carbocycles. The molecule has 6 heteroatoms. The molecule has 1 saturated heterocycles. The van der Waals surface area contributed by atoms with Crippen molar-refractivity contribution in [3.05, 3.63) is 34.4 Å². The van der Waals surface area contributed by atoms with Gasteiger partial charge in [0.1, 0.15) is 11.7 Å². The monoisotopic (exact) mass is 416 g/mol. The highest BCUT2D eigenvalue weighted by Crippen LogP contribution is 2.77. The first-order valence-electron chi connectivity index (χ1n) is 11.6. The number of fused-ring (bicyclic) bond motifs is 3. The van der Waals surface area contributed by atoms with E-state index in [9.17, 15) is 20.1 Å². The Labute approximate surface area is 176 Å². The predicted octanol–water partition coefficient (Wildman–Crippen LogP) is 2.20. The molecule has 10 atom stereocenters. The van der Waals surface area contributed by atoms with Gasteiger partial charge in [0.05, 0.1) is 18.5 Å². The van der Waals surface area contributed by atoms with E-state index in [1.165, 1.54) is 12.3 Å². The second-order valence-corrected chi connectivity index (χ2v) is 11.0. The van der Waals surface area contributed by atoms with Crippen LogP contribution < -0.4 is 5.63 Å². The molecule has 10 unspecified atom stereocenters. The largest absolute Gasteiger partial charge is 0.431 e. The first-order chi connectivity index (χ1) is 14.4. The molecule has 30 heavy (non-hydrogen) atoms. The van der Waals surface area contributed by atoms with Crippen LogP contribution in [0.4, 0.5) is 0 Å². The highest BCUT2D eigenvalue weighted by molar-refractivity contribution is 5.38. The third-order valence-electron chi connectivity index (χ3n) is 10.2. The Balaban J connectivity index is 1.39. The molecule has 6 rings (SSSR count). The summed E-state index contributed by atoms with van der Waals surface area (Å²) in [6, 6.07) is 3.23. The lowest BCUT2D eigenvalue weighted by Gasteiger charge is -2.61. The van der Waals surface area contributed by atoms with Gasteiger partial charge in [-0.2, -0.15) is 0 Å². The van der Waals surface area contributed by atoms with Gasteiger partial charge in [-0.25, -0.2) is 4.79 Å². The van der Waals surface area contributed by atoms with Crippen molar-refractivity contribution in [2.24, 2.45) is 28.6 Å². The van der Waals surface area contributed by atoms with Gasteiger partial charge in [-0.3, -0.25) is 0 Å². The van der Waals surface area contributed by atoms with Crippen LogP contribution in [0.25, 0.3) is 0 Å². The SMILES string of the molecule is CC12CCC3C(CCC4CC(O)CCC43CO)C13OC3C(O)C2c1ccc(=O)oc1. The standard InChI is InChI=1S/C24H32O6/c1-22-8-7-16-17(4-3-14-10-15(26)6-9-23(14,16)12-25)24(22)21(30-24)20(28)19(22)13-2-5-18(27)29-11-13/h2,5,11,14-17,19-21,25-26,28H,3-4,6-10,12H2,1H3. The molecule has 0 bridgehead atoms. The number of hydrogen-bond donors (Lipinski definition) is 3. The van der Waals surface area contributed by atoms with Crippen LogP contribution in [0.1, 0.15) is 63.4 Å². The number of aliphatic hydroxyl groups is 3. The molecule has 4 saturated carbocycles. The molecule has 1 aromatic rings. The Morgan fingerprint density at radius 3 is 2.67 bits per heavy atom. The molecule has 4 aliphatic carbocycles. The van der Waals surface area contributed by atoms with Crippen LogP contribution in [0, 0.1) is 28.6 Å².